The molecule has 4 heteroatoms. The largest absolute Gasteiger partial charge is 0.340 e. The highest BCUT2D eigenvalue weighted by molar-refractivity contribution is 5.35. The van der Waals surface area contributed by atoms with E-state index in [9.17, 15) is 0 Å². The molecule has 0 aliphatic heterocycles. The van der Waals surface area contributed by atoms with Crippen LogP contribution in [0.5, 0.6) is 0 Å². The topological polar surface area (TPSA) is 55.0 Å². The SMILES string of the molecule is CC(CN)N(C)c1ncc2c(n1)CCC2. The Morgan fingerprint density at radius 2 is 2.33 bits per heavy atom. The molecule has 0 spiro atoms. The average Bonchev–Trinajstić information content (AvgIpc) is 2.73. The molecule has 1 aromatic heterocycles. The van der Waals surface area contributed by atoms with Crippen molar-refractivity contribution in [3.63, 3.8) is 0 Å². The summed E-state index contributed by atoms with van der Waals surface area (Å²) in [5.41, 5.74) is 8.16. The van der Waals surface area contributed by atoms with Gasteiger partial charge in [-0.25, -0.2) is 9.97 Å². The lowest BCUT2D eigenvalue weighted by molar-refractivity contribution is 0.675. The van der Waals surface area contributed by atoms with Crippen LogP contribution in [-0.4, -0.2) is 29.6 Å². The van der Waals surface area contributed by atoms with Gasteiger partial charge in [0.1, 0.15) is 0 Å². The molecule has 2 rings (SSSR count). The van der Waals surface area contributed by atoms with Gasteiger partial charge in [-0.15, -0.1) is 0 Å². The summed E-state index contributed by atoms with van der Waals surface area (Å²) in [5, 5.41) is 0. The minimum Gasteiger partial charge on any atom is -0.340 e. The first-order chi connectivity index (χ1) is 7.22. The Kier molecular flexibility index (Phi) is 2.86. The van der Waals surface area contributed by atoms with Crippen molar-refractivity contribution in [2.24, 2.45) is 5.73 Å². The molecule has 1 unspecified atom stereocenters. The van der Waals surface area contributed by atoms with Crippen molar-refractivity contribution < 1.29 is 0 Å². The second-order valence-electron chi connectivity index (χ2n) is 4.19. The quantitative estimate of drug-likeness (QED) is 0.793. The van der Waals surface area contributed by atoms with Crippen LogP contribution in [0.15, 0.2) is 6.20 Å². The molecular formula is C11H18N4. The number of hydrogen-bond acceptors (Lipinski definition) is 4. The molecule has 4 nitrogen and oxygen atoms in total. The van der Waals surface area contributed by atoms with E-state index in [1.54, 1.807) is 0 Å². The van der Waals surface area contributed by atoms with Crippen molar-refractivity contribution in [2.45, 2.75) is 32.2 Å². The molecule has 0 bridgehead atoms. The van der Waals surface area contributed by atoms with Gasteiger partial charge in [-0.3, -0.25) is 0 Å². The minimum atomic E-state index is 0.282. The number of fused-ring (bicyclic) bond motifs is 1. The van der Waals surface area contributed by atoms with Crippen molar-refractivity contribution >= 4 is 5.95 Å². The number of nitrogens with zero attached hydrogens (tertiary/aromatic N) is 3. The van der Waals surface area contributed by atoms with Gasteiger partial charge in [0.05, 0.1) is 0 Å². The zero-order chi connectivity index (χ0) is 10.8. The fourth-order valence-electron chi connectivity index (χ4n) is 1.83. The zero-order valence-electron chi connectivity index (χ0n) is 9.40. The van der Waals surface area contributed by atoms with Gasteiger partial charge in [0, 0.05) is 31.5 Å². The summed E-state index contributed by atoms with van der Waals surface area (Å²) in [5.74, 6) is 0.800. The fraction of sp³-hybridized carbons (Fsp3) is 0.636. The molecule has 0 saturated carbocycles. The smallest absolute Gasteiger partial charge is 0.225 e. The Morgan fingerprint density at radius 3 is 3.07 bits per heavy atom. The van der Waals surface area contributed by atoms with Crippen LogP contribution >= 0.6 is 0 Å². The highest BCUT2D eigenvalue weighted by atomic mass is 15.3. The van der Waals surface area contributed by atoms with E-state index < -0.39 is 0 Å². The molecule has 15 heavy (non-hydrogen) atoms. The number of likely N-dealkylation sites (N-methyl/N-ethyl adjacent to an activating group) is 1. The van der Waals surface area contributed by atoms with Gasteiger partial charge in [-0.05, 0) is 31.7 Å². The molecule has 0 amide bonds. The van der Waals surface area contributed by atoms with Crippen molar-refractivity contribution in [2.75, 3.05) is 18.5 Å². The predicted molar refractivity (Wildman–Crippen MR) is 61.0 cm³/mol. The first-order valence-electron chi connectivity index (χ1n) is 5.50. The van der Waals surface area contributed by atoms with Crippen LogP contribution in [0.3, 0.4) is 0 Å². The maximum Gasteiger partial charge on any atom is 0.225 e. The molecule has 0 fully saturated rings. The second kappa shape index (κ2) is 4.14. The van der Waals surface area contributed by atoms with Gasteiger partial charge >= 0.3 is 0 Å². The van der Waals surface area contributed by atoms with Crippen molar-refractivity contribution in [3.05, 3.63) is 17.5 Å². The molecule has 1 heterocycles. The number of rotatable bonds is 3. The highest BCUT2D eigenvalue weighted by Crippen LogP contribution is 2.21. The van der Waals surface area contributed by atoms with E-state index >= 15 is 0 Å². The monoisotopic (exact) mass is 206 g/mol. The summed E-state index contributed by atoms with van der Waals surface area (Å²) >= 11 is 0. The minimum absolute atomic E-state index is 0.282. The van der Waals surface area contributed by atoms with Crippen LogP contribution in [0.2, 0.25) is 0 Å². The first kappa shape index (κ1) is 10.4. The second-order valence-corrected chi connectivity index (χ2v) is 4.19. The number of hydrogen-bond donors (Lipinski definition) is 1. The standard InChI is InChI=1S/C11H18N4/c1-8(6-12)15(2)11-13-7-9-4-3-5-10(9)14-11/h7-8H,3-6,12H2,1-2H3. The number of anilines is 1. The van der Waals surface area contributed by atoms with E-state index in [4.69, 9.17) is 5.73 Å². The molecule has 1 aliphatic carbocycles. The van der Waals surface area contributed by atoms with E-state index in [1.165, 1.54) is 17.7 Å². The molecule has 0 aromatic carbocycles. The van der Waals surface area contributed by atoms with Crippen LogP contribution in [0, 0.1) is 0 Å². The Bertz CT molecular complexity index is 350. The van der Waals surface area contributed by atoms with Gasteiger partial charge in [0.25, 0.3) is 0 Å². The van der Waals surface area contributed by atoms with Crippen LogP contribution in [0.4, 0.5) is 5.95 Å². The van der Waals surface area contributed by atoms with Gasteiger partial charge in [0.15, 0.2) is 0 Å². The van der Waals surface area contributed by atoms with E-state index in [0.717, 1.165) is 18.8 Å². The number of nitrogens with two attached hydrogens (primary N) is 1. The lowest BCUT2D eigenvalue weighted by atomic mass is 10.3. The molecule has 1 aliphatic rings. The van der Waals surface area contributed by atoms with Crippen molar-refractivity contribution in [1.29, 1.82) is 0 Å². The molecule has 0 saturated heterocycles. The molecule has 82 valence electrons. The molecule has 0 radical (unpaired) electrons. The average molecular weight is 206 g/mol. The third-order valence-electron chi connectivity index (χ3n) is 3.12. The maximum absolute atomic E-state index is 5.63. The Labute approximate surface area is 90.5 Å². The number of aromatic nitrogens is 2. The van der Waals surface area contributed by atoms with Crippen LogP contribution in [0.1, 0.15) is 24.6 Å². The summed E-state index contributed by atoms with van der Waals surface area (Å²) in [7, 11) is 1.99. The lowest BCUT2D eigenvalue weighted by Gasteiger charge is -2.23. The molecule has 1 atom stereocenters. The summed E-state index contributed by atoms with van der Waals surface area (Å²) < 4.78 is 0. The van der Waals surface area contributed by atoms with Gasteiger partial charge < -0.3 is 10.6 Å². The van der Waals surface area contributed by atoms with Gasteiger partial charge in [-0.2, -0.15) is 0 Å². The van der Waals surface area contributed by atoms with Crippen LogP contribution in [-0.2, 0) is 12.8 Å². The molecule has 2 N–H and O–H groups in total. The Morgan fingerprint density at radius 1 is 1.53 bits per heavy atom. The molecule has 1 aromatic rings. The number of aryl methyl sites for hydroxylation is 2. The maximum atomic E-state index is 5.63. The Balaban J connectivity index is 2.22. The van der Waals surface area contributed by atoms with E-state index in [0.29, 0.717) is 6.54 Å². The fourth-order valence-corrected chi connectivity index (χ4v) is 1.83. The predicted octanol–water partition coefficient (Wildman–Crippen LogP) is 0.749. The van der Waals surface area contributed by atoms with Gasteiger partial charge in [-0.1, -0.05) is 0 Å². The third-order valence-corrected chi connectivity index (χ3v) is 3.12. The summed E-state index contributed by atoms with van der Waals surface area (Å²) in [4.78, 5) is 11.0. The summed E-state index contributed by atoms with van der Waals surface area (Å²) in [6.07, 6.45) is 5.40. The normalized spacial score (nSPS) is 16.2. The van der Waals surface area contributed by atoms with Crippen molar-refractivity contribution in [3.8, 4) is 0 Å². The third kappa shape index (κ3) is 1.95. The zero-order valence-corrected chi connectivity index (χ0v) is 9.40. The van der Waals surface area contributed by atoms with E-state index in [1.807, 2.05) is 18.1 Å². The van der Waals surface area contributed by atoms with E-state index in [-0.39, 0.29) is 6.04 Å². The van der Waals surface area contributed by atoms with Crippen molar-refractivity contribution in [1.82, 2.24) is 9.97 Å². The summed E-state index contributed by atoms with van der Waals surface area (Å²) in [6, 6.07) is 0.282. The van der Waals surface area contributed by atoms with Crippen LogP contribution in [0.25, 0.3) is 0 Å². The lowest BCUT2D eigenvalue weighted by Crippen LogP contribution is -2.36. The van der Waals surface area contributed by atoms with E-state index in [2.05, 4.69) is 16.9 Å². The highest BCUT2D eigenvalue weighted by Gasteiger charge is 2.16. The van der Waals surface area contributed by atoms with Crippen LogP contribution < -0.4 is 10.6 Å². The first-order valence-corrected chi connectivity index (χ1v) is 5.50. The summed E-state index contributed by atoms with van der Waals surface area (Å²) in [6.45, 7) is 2.70. The molecular weight excluding hydrogens is 188 g/mol. The van der Waals surface area contributed by atoms with Gasteiger partial charge in [0.2, 0.25) is 5.95 Å². The Hall–Kier alpha value is -1.16.